The quantitative estimate of drug-likeness (QED) is 0.857. The van der Waals surface area contributed by atoms with Gasteiger partial charge in [0.05, 0.1) is 12.5 Å². The molecule has 0 saturated carbocycles. The average molecular weight is 262 g/mol. The summed E-state index contributed by atoms with van der Waals surface area (Å²) in [6, 6.07) is 8.26. The molecule has 2 N–H and O–H groups in total. The molecule has 0 aromatic heterocycles. The summed E-state index contributed by atoms with van der Waals surface area (Å²) >= 11 is 0. The van der Waals surface area contributed by atoms with Crippen LogP contribution in [0.15, 0.2) is 24.3 Å². The Kier molecular flexibility index (Phi) is 4.93. The Morgan fingerprint density at radius 2 is 2.16 bits per heavy atom. The smallest absolute Gasteiger partial charge is 0.226 e. The number of anilines is 1. The Hall–Kier alpha value is -1.39. The third kappa shape index (κ3) is 4.04. The molecule has 1 saturated heterocycles. The highest BCUT2D eigenvalue weighted by Gasteiger charge is 2.19. The van der Waals surface area contributed by atoms with E-state index in [0.29, 0.717) is 12.5 Å². The number of amides is 1. The summed E-state index contributed by atoms with van der Waals surface area (Å²) in [4.78, 5) is 11.8. The lowest BCUT2D eigenvalue weighted by Crippen LogP contribution is -2.19. The molecule has 1 heterocycles. The molecule has 1 amide bonds. The lowest BCUT2D eigenvalue weighted by molar-refractivity contribution is -0.118. The van der Waals surface area contributed by atoms with Gasteiger partial charge in [-0.25, -0.2) is 0 Å². The average Bonchev–Trinajstić information content (AvgIpc) is 2.91. The number of carbonyl (C=O) groups excluding carboxylic acids is 1. The van der Waals surface area contributed by atoms with Gasteiger partial charge in [0.25, 0.3) is 0 Å². The van der Waals surface area contributed by atoms with E-state index in [1.807, 2.05) is 31.3 Å². The highest BCUT2D eigenvalue weighted by atomic mass is 16.5. The highest BCUT2D eigenvalue weighted by molar-refractivity contribution is 5.91. The second-order valence-corrected chi connectivity index (χ2v) is 5.02. The molecule has 19 heavy (non-hydrogen) atoms. The zero-order valence-electron chi connectivity index (χ0n) is 11.6. The summed E-state index contributed by atoms with van der Waals surface area (Å²) in [6.45, 7) is 2.89. The SMILES string of the molecule is CNC(C)c1ccc(NC(=O)CC2CCCO2)cc1. The first-order valence-electron chi connectivity index (χ1n) is 6.87. The van der Waals surface area contributed by atoms with E-state index in [1.165, 1.54) is 5.56 Å². The van der Waals surface area contributed by atoms with E-state index in [9.17, 15) is 4.79 Å². The van der Waals surface area contributed by atoms with Gasteiger partial charge in [0.15, 0.2) is 0 Å². The summed E-state index contributed by atoms with van der Waals surface area (Å²) in [7, 11) is 1.93. The lowest BCUT2D eigenvalue weighted by Gasteiger charge is -2.12. The minimum Gasteiger partial charge on any atom is -0.378 e. The molecule has 1 aliphatic rings. The van der Waals surface area contributed by atoms with E-state index in [-0.39, 0.29) is 12.0 Å². The van der Waals surface area contributed by atoms with Crippen LogP contribution < -0.4 is 10.6 Å². The van der Waals surface area contributed by atoms with Gasteiger partial charge in [-0.15, -0.1) is 0 Å². The molecule has 0 spiro atoms. The molecule has 0 bridgehead atoms. The van der Waals surface area contributed by atoms with Crippen molar-refractivity contribution in [3.8, 4) is 0 Å². The number of nitrogens with one attached hydrogen (secondary N) is 2. The minimum absolute atomic E-state index is 0.0290. The summed E-state index contributed by atoms with van der Waals surface area (Å²) in [5.74, 6) is 0.0290. The van der Waals surface area contributed by atoms with Crippen molar-refractivity contribution in [2.24, 2.45) is 0 Å². The summed E-state index contributed by atoms with van der Waals surface area (Å²) in [5.41, 5.74) is 2.05. The molecule has 2 unspecified atom stereocenters. The number of hydrogen-bond donors (Lipinski definition) is 2. The number of hydrogen-bond acceptors (Lipinski definition) is 3. The van der Waals surface area contributed by atoms with Gasteiger partial charge in [-0.1, -0.05) is 12.1 Å². The van der Waals surface area contributed by atoms with Crippen molar-refractivity contribution in [2.45, 2.75) is 38.3 Å². The summed E-state index contributed by atoms with van der Waals surface area (Å²) in [5, 5.41) is 6.10. The number of benzene rings is 1. The Labute approximate surface area is 114 Å². The monoisotopic (exact) mass is 262 g/mol. The zero-order valence-corrected chi connectivity index (χ0v) is 11.6. The molecular formula is C15H22N2O2. The van der Waals surface area contributed by atoms with E-state index < -0.39 is 0 Å². The first kappa shape index (κ1) is 14.0. The zero-order chi connectivity index (χ0) is 13.7. The van der Waals surface area contributed by atoms with Crippen molar-refractivity contribution in [1.29, 1.82) is 0 Å². The van der Waals surface area contributed by atoms with Gasteiger partial charge in [-0.05, 0) is 44.5 Å². The van der Waals surface area contributed by atoms with Crippen LogP contribution in [0, 0.1) is 0 Å². The first-order chi connectivity index (χ1) is 9.19. The van der Waals surface area contributed by atoms with Crippen LogP contribution in [0.1, 0.15) is 37.8 Å². The van der Waals surface area contributed by atoms with Crippen LogP contribution >= 0.6 is 0 Å². The Morgan fingerprint density at radius 1 is 1.42 bits per heavy atom. The molecule has 4 heteroatoms. The fourth-order valence-electron chi connectivity index (χ4n) is 2.25. The van der Waals surface area contributed by atoms with Crippen LogP contribution in [-0.4, -0.2) is 25.7 Å². The summed E-state index contributed by atoms with van der Waals surface area (Å²) in [6.07, 6.45) is 2.61. The Bertz CT molecular complexity index is 411. The maximum Gasteiger partial charge on any atom is 0.226 e. The third-order valence-electron chi connectivity index (χ3n) is 3.56. The molecule has 1 aliphatic heterocycles. The van der Waals surface area contributed by atoms with Crippen molar-refractivity contribution >= 4 is 11.6 Å². The topological polar surface area (TPSA) is 50.4 Å². The van der Waals surface area contributed by atoms with Crippen molar-refractivity contribution in [3.63, 3.8) is 0 Å². The number of ether oxygens (including phenoxy) is 1. The fraction of sp³-hybridized carbons (Fsp3) is 0.533. The van der Waals surface area contributed by atoms with Crippen LogP contribution in [0.25, 0.3) is 0 Å². The van der Waals surface area contributed by atoms with Gasteiger partial charge in [0.1, 0.15) is 0 Å². The maximum atomic E-state index is 11.8. The Balaban J connectivity index is 1.86. The molecule has 0 radical (unpaired) electrons. The van der Waals surface area contributed by atoms with Gasteiger partial charge in [0.2, 0.25) is 5.91 Å². The van der Waals surface area contributed by atoms with Gasteiger partial charge in [-0.3, -0.25) is 4.79 Å². The molecular weight excluding hydrogens is 240 g/mol. The van der Waals surface area contributed by atoms with Gasteiger partial charge < -0.3 is 15.4 Å². The van der Waals surface area contributed by atoms with Gasteiger partial charge in [-0.2, -0.15) is 0 Å². The lowest BCUT2D eigenvalue weighted by atomic mass is 10.1. The van der Waals surface area contributed by atoms with Crippen molar-refractivity contribution in [1.82, 2.24) is 5.32 Å². The molecule has 1 aromatic carbocycles. The van der Waals surface area contributed by atoms with Gasteiger partial charge in [0, 0.05) is 18.3 Å². The van der Waals surface area contributed by atoms with Crippen LogP contribution in [-0.2, 0) is 9.53 Å². The standard InChI is InChI=1S/C15H22N2O2/c1-11(16-2)12-5-7-13(8-6-12)17-15(18)10-14-4-3-9-19-14/h5-8,11,14,16H,3-4,9-10H2,1-2H3,(H,17,18). The second kappa shape index (κ2) is 6.68. The molecule has 0 aliphatic carbocycles. The van der Waals surface area contributed by atoms with Crippen LogP contribution in [0.2, 0.25) is 0 Å². The van der Waals surface area contributed by atoms with Crippen molar-refractivity contribution in [2.75, 3.05) is 19.0 Å². The third-order valence-corrected chi connectivity index (χ3v) is 3.56. The maximum absolute atomic E-state index is 11.8. The molecule has 104 valence electrons. The summed E-state index contributed by atoms with van der Waals surface area (Å²) < 4.78 is 5.46. The molecule has 1 fully saturated rings. The van der Waals surface area contributed by atoms with Crippen LogP contribution in [0.4, 0.5) is 5.69 Å². The largest absolute Gasteiger partial charge is 0.378 e. The van der Waals surface area contributed by atoms with Crippen LogP contribution in [0.3, 0.4) is 0 Å². The fourth-order valence-corrected chi connectivity index (χ4v) is 2.25. The second-order valence-electron chi connectivity index (χ2n) is 5.02. The molecule has 2 atom stereocenters. The number of rotatable bonds is 5. The van der Waals surface area contributed by atoms with Gasteiger partial charge >= 0.3 is 0 Å². The van der Waals surface area contributed by atoms with E-state index in [2.05, 4.69) is 17.6 Å². The van der Waals surface area contributed by atoms with E-state index in [0.717, 1.165) is 25.1 Å². The van der Waals surface area contributed by atoms with Crippen LogP contribution in [0.5, 0.6) is 0 Å². The highest BCUT2D eigenvalue weighted by Crippen LogP contribution is 2.18. The molecule has 1 aromatic rings. The Morgan fingerprint density at radius 3 is 2.74 bits per heavy atom. The van der Waals surface area contributed by atoms with E-state index in [1.54, 1.807) is 0 Å². The van der Waals surface area contributed by atoms with E-state index in [4.69, 9.17) is 4.74 Å². The predicted molar refractivity (Wildman–Crippen MR) is 76.1 cm³/mol. The van der Waals surface area contributed by atoms with E-state index >= 15 is 0 Å². The number of carbonyl (C=O) groups is 1. The minimum atomic E-state index is 0.0290. The molecule has 4 nitrogen and oxygen atoms in total. The normalized spacial score (nSPS) is 20.2. The first-order valence-corrected chi connectivity index (χ1v) is 6.87. The van der Waals surface area contributed by atoms with Crippen molar-refractivity contribution in [3.05, 3.63) is 29.8 Å². The predicted octanol–water partition coefficient (Wildman–Crippen LogP) is 2.47. The molecule has 2 rings (SSSR count). The van der Waals surface area contributed by atoms with Crippen molar-refractivity contribution < 1.29 is 9.53 Å².